The highest BCUT2D eigenvalue weighted by Gasteiger charge is 2.33. The summed E-state index contributed by atoms with van der Waals surface area (Å²) >= 11 is 0. The highest BCUT2D eigenvalue weighted by atomic mass is 19.1. The SMILES string of the molecule is C=CC.COc1cccc(-c2cc(C3CC3)c(C3C=C(C)CCC3)c(O)c2F)c1. The van der Waals surface area contributed by atoms with Crippen LogP contribution in [0.25, 0.3) is 11.1 Å². The maximum Gasteiger partial charge on any atom is 0.172 e. The Hall–Kier alpha value is -2.55. The second-order valence-electron chi connectivity index (χ2n) is 8.02. The molecule has 2 aliphatic carbocycles. The van der Waals surface area contributed by atoms with E-state index >= 15 is 4.39 Å². The zero-order valence-electron chi connectivity index (χ0n) is 17.7. The fourth-order valence-corrected chi connectivity index (χ4v) is 4.14. The highest BCUT2D eigenvalue weighted by molar-refractivity contribution is 5.71. The smallest absolute Gasteiger partial charge is 0.172 e. The third-order valence-electron chi connectivity index (χ3n) is 5.65. The van der Waals surface area contributed by atoms with E-state index in [1.807, 2.05) is 37.3 Å². The first-order chi connectivity index (χ1) is 14.0. The Balaban J connectivity index is 0.000000755. The van der Waals surface area contributed by atoms with Crippen LogP contribution in [-0.4, -0.2) is 12.2 Å². The van der Waals surface area contributed by atoms with Gasteiger partial charge in [0.25, 0.3) is 0 Å². The zero-order valence-corrected chi connectivity index (χ0v) is 17.7. The van der Waals surface area contributed by atoms with Crippen molar-refractivity contribution in [1.29, 1.82) is 0 Å². The molecule has 0 saturated heterocycles. The molecule has 0 aromatic heterocycles. The summed E-state index contributed by atoms with van der Waals surface area (Å²) in [4.78, 5) is 0. The molecule has 29 heavy (non-hydrogen) atoms. The number of allylic oxidation sites excluding steroid dienone is 3. The molecular weight excluding hydrogens is 363 g/mol. The van der Waals surface area contributed by atoms with Crippen molar-refractivity contribution in [2.45, 2.75) is 57.8 Å². The average molecular weight is 395 g/mol. The van der Waals surface area contributed by atoms with Crippen molar-refractivity contribution in [3.05, 3.63) is 71.6 Å². The molecule has 0 aliphatic heterocycles. The molecule has 0 amide bonds. The van der Waals surface area contributed by atoms with E-state index in [4.69, 9.17) is 4.74 Å². The van der Waals surface area contributed by atoms with E-state index in [0.29, 0.717) is 17.2 Å². The van der Waals surface area contributed by atoms with Gasteiger partial charge in [-0.2, -0.15) is 0 Å². The number of aromatic hydroxyl groups is 1. The van der Waals surface area contributed by atoms with E-state index < -0.39 is 5.82 Å². The normalized spacial score (nSPS) is 18.3. The van der Waals surface area contributed by atoms with E-state index in [1.54, 1.807) is 13.2 Å². The fourth-order valence-electron chi connectivity index (χ4n) is 4.14. The van der Waals surface area contributed by atoms with Gasteiger partial charge in [-0.25, -0.2) is 4.39 Å². The van der Waals surface area contributed by atoms with Crippen molar-refractivity contribution >= 4 is 0 Å². The van der Waals surface area contributed by atoms with Gasteiger partial charge in [-0.1, -0.05) is 29.9 Å². The van der Waals surface area contributed by atoms with Crippen molar-refractivity contribution < 1.29 is 14.2 Å². The van der Waals surface area contributed by atoms with Gasteiger partial charge in [-0.05, 0) is 81.2 Å². The summed E-state index contributed by atoms with van der Waals surface area (Å²) < 4.78 is 20.5. The van der Waals surface area contributed by atoms with Gasteiger partial charge < -0.3 is 9.84 Å². The predicted octanol–water partition coefficient (Wildman–Crippen LogP) is 7.49. The van der Waals surface area contributed by atoms with Gasteiger partial charge in [0.1, 0.15) is 5.75 Å². The first-order valence-corrected chi connectivity index (χ1v) is 10.4. The Bertz CT molecular complexity index is 909. The Morgan fingerprint density at radius 1 is 1.21 bits per heavy atom. The van der Waals surface area contributed by atoms with Crippen LogP contribution in [0.2, 0.25) is 0 Å². The van der Waals surface area contributed by atoms with Gasteiger partial charge in [-0.15, -0.1) is 6.58 Å². The molecule has 2 aromatic rings. The fraction of sp³-hybridized carbons (Fsp3) is 0.385. The number of halogens is 1. The molecular formula is C26H31FO2. The molecule has 0 heterocycles. The third kappa shape index (κ3) is 4.72. The van der Waals surface area contributed by atoms with E-state index in [1.165, 1.54) is 5.57 Å². The molecule has 2 aliphatic rings. The van der Waals surface area contributed by atoms with Gasteiger partial charge >= 0.3 is 0 Å². The van der Waals surface area contributed by atoms with Crippen LogP contribution in [0, 0.1) is 5.82 Å². The summed E-state index contributed by atoms with van der Waals surface area (Å²) in [6.45, 7) is 7.38. The van der Waals surface area contributed by atoms with E-state index in [0.717, 1.165) is 48.8 Å². The average Bonchev–Trinajstić information content (AvgIpc) is 3.55. The molecule has 2 aromatic carbocycles. The lowest BCUT2D eigenvalue weighted by Gasteiger charge is -2.25. The van der Waals surface area contributed by atoms with Crippen LogP contribution >= 0.6 is 0 Å². The number of phenolic OH excluding ortho intramolecular Hbond substituents is 1. The second kappa shape index (κ2) is 9.30. The first kappa shape index (κ1) is 21.2. The van der Waals surface area contributed by atoms with Crippen molar-refractivity contribution in [2.75, 3.05) is 7.11 Å². The molecule has 1 fully saturated rings. The molecule has 0 radical (unpaired) electrons. The Morgan fingerprint density at radius 3 is 2.55 bits per heavy atom. The minimum Gasteiger partial charge on any atom is -0.505 e. The summed E-state index contributed by atoms with van der Waals surface area (Å²) in [5.74, 6) is 0.562. The first-order valence-electron chi connectivity index (χ1n) is 10.4. The third-order valence-corrected chi connectivity index (χ3v) is 5.65. The molecule has 4 rings (SSSR count). The Morgan fingerprint density at radius 2 is 1.93 bits per heavy atom. The van der Waals surface area contributed by atoms with Gasteiger partial charge in [0.2, 0.25) is 0 Å². The summed E-state index contributed by atoms with van der Waals surface area (Å²) in [6.07, 6.45) is 9.37. The van der Waals surface area contributed by atoms with Crippen LogP contribution in [0.1, 0.15) is 68.9 Å². The molecule has 0 bridgehead atoms. The van der Waals surface area contributed by atoms with Crippen molar-refractivity contribution in [3.63, 3.8) is 0 Å². The van der Waals surface area contributed by atoms with Crippen LogP contribution in [0.15, 0.2) is 54.6 Å². The summed E-state index contributed by atoms with van der Waals surface area (Å²) in [6, 6.07) is 9.34. The summed E-state index contributed by atoms with van der Waals surface area (Å²) in [7, 11) is 1.60. The van der Waals surface area contributed by atoms with Crippen LogP contribution in [0.3, 0.4) is 0 Å². The highest BCUT2D eigenvalue weighted by Crippen LogP contribution is 2.50. The number of methoxy groups -OCH3 is 1. The van der Waals surface area contributed by atoms with Crippen LogP contribution < -0.4 is 4.74 Å². The van der Waals surface area contributed by atoms with Gasteiger partial charge in [-0.3, -0.25) is 0 Å². The molecule has 3 heteroatoms. The molecule has 1 N–H and O–H groups in total. The summed E-state index contributed by atoms with van der Waals surface area (Å²) in [5, 5.41) is 10.8. The Labute approximate surface area is 173 Å². The van der Waals surface area contributed by atoms with Crippen LogP contribution in [-0.2, 0) is 0 Å². The number of ether oxygens (including phenoxy) is 1. The molecule has 154 valence electrons. The van der Waals surface area contributed by atoms with Gasteiger partial charge in [0.05, 0.1) is 7.11 Å². The number of hydrogen-bond donors (Lipinski definition) is 1. The van der Waals surface area contributed by atoms with E-state index in [9.17, 15) is 5.11 Å². The predicted molar refractivity (Wildman–Crippen MR) is 118 cm³/mol. The Kier molecular flexibility index (Phi) is 6.79. The molecule has 1 atom stereocenters. The monoisotopic (exact) mass is 394 g/mol. The maximum absolute atomic E-state index is 15.2. The quantitative estimate of drug-likeness (QED) is 0.544. The van der Waals surface area contributed by atoms with Crippen LogP contribution in [0.5, 0.6) is 11.5 Å². The number of hydrogen-bond acceptors (Lipinski definition) is 2. The lowest BCUT2D eigenvalue weighted by Crippen LogP contribution is -2.07. The van der Waals surface area contributed by atoms with Crippen molar-refractivity contribution in [3.8, 4) is 22.6 Å². The largest absolute Gasteiger partial charge is 0.505 e. The zero-order chi connectivity index (χ0) is 21.0. The minimum atomic E-state index is -0.519. The van der Waals surface area contributed by atoms with E-state index in [-0.39, 0.29) is 11.7 Å². The van der Waals surface area contributed by atoms with Gasteiger partial charge in [0.15, 0.2) is 11.6 Å². The number of rotatable bonds is 4. The number of benzene rings is 2. The minimum absolute atomic E-state index is 0.119. The second-order valence-corrected chi connectivity index (χ2v) is 8.02. The van der Waals surface area contributed by atoms with Gasteiger partial charge in [0, 0.05) is 17.0 Å². The molecule has 2 nitrogen and oxygen atoms in total. The lowest BCUT2D eigenvalue weighted by atomic mass is 9.81. The van der Waals surface area contributed by atoms with Crippen molar-refractivity contribution in [1.82, 2.24) is 0 Å². The van der Waals surface area contributed by atoms with Crippen LogP contribution in [0.4, 0.5) is 4.39 Å². The number of phenols is 1. The summed E-state index contributed by atoms with van der Waals surface area (Å²) in [5.41, 5.74) is 4.47. The molecule has 0 spiro atoms. The standard InChI is InChI=1S/C23H25FO2.C3H6/c1-14-5-3-7-17(11-14)21-19(15-9-10-15)13-20(22(24)23(21)25)16-6-4-8-18(12-16)26-2;1-3-2/h4,6,8,11-13,15,17,25H,3,5,7,9-10H2,1-2H3;3H,1H2,2H3. The van der Waals surface area contributed by atoms with E-state index in [2.05, 4.69) is 19.6 Å². The maximum atomic E-state index is 15.2. The topological polar surface area (TPSA) is 29.5 Å². The lowest BCUT2D eigenvalue weighted by molar-refractivity contribution is 0.414. The van der Waals surface area contributed by atoms with Crippen molar-refractivity contribution in [2.24, 2.45) is 0 Å². The molecule has 1 unspecified atom stereocenters. The molecule has 1 saturated carbocycles.